The molecule has 0 unspecified atom stereocenters. The lowest BCUT2D eigenvalue weighted by molar-refractivity contribution is -0.122. The number of carbonyl (C=O) groups is 1. The molecule has 1 aromatic rings. The van der Waals surface area contributed by atoms with E-state index >= 15 is 0 Å². The Morgan fingerprint density at radius 3 is 2.65 bits per heavy atom. The minimum atomic E-state index is -0.331. The second kappa shape index (κ2) is 8.64. The number of hydrogen-bond acceptors (Lipinski definition) is 4. The molecular weight excluding hydrogens is 297 g/mol. The lowest BCUT2D eigenvalue weighted by Crippen LogP contribution is -2.49. The molecular formula is C17H24FN3O2. The zero-order valence-corrected chi connectivity index (χ0v) is 13.6. The standard InChI is InChI=1S/C17H24FN3O2/c1-3-6-19-17(22)13-21-9-7-20(8-10-21)12-14-4-5-16(23-2)15(18)11-14/h3-5,11H,1,6-10,12-13H2,2H3,(H,19,22). The number of halogens is 1. The van der Waals surface area contributed by atoms with E-state index in [1.807, 2.05) is 6.07 Å². The van der Waals surface area contributed by atoms with Crippen molar-refractivity contribution in [2.45, 2.75) is 6.54 Å². The predicted octanol–water partition coefficient (Wildman–Crippen LogP) is 1.25. The zero-order chi connectivity index (χ0) is 16.7. The maximum atomic E-state index is 13.7. The average Bonchev–Trinajstić information content (AvgIpc) is 2.55. The molecule has 2 rings (SSSR count). The van der Waals surface area contributed by atoms with Gasteiger partial charge in [-0.05, 0) is 17.7 Å². The van der Waals surface area contributed by atoms with Gasteiger partial charge in [0.1, 0.15) is 0 Å². The Labute approximate surface area is 136 Å². The molecule has 0 saturated carbocycles. The fourth-order valence-electron chi connectivity index (χ4n) is 2.62. The number of piperazine rings is 1. The van der Waals surface area contributed by atoms with E-state index in [2.05, 4.69) is 21.7 Å². The molecule has 6 heteroatoms. The number of ether oxygens (including phenoxy) is 1. The van der Waals surface area contributed by atoms with Gasteiger partial charge in [-0.1, -0.05) is 12.1 Å². The number of nitrogens with one attached hydrogen (secondary N) is 1. The van der Waals surface area contributed by atoms with Gasteiger partial charge in [0, 0.05) is 39.3 Å². The highest BCUT2D eigenvalue weighted by Gasteiger charge is 2.19. The van der Waals surface area contributed by atoms with Gasteiger partial charge >= 0.3 is 0 Å². The number of hydrogen-bond donors (Lipinski definition) is 1. The second-order valence-corrected chi connectivity index (χ2v) is 5.61. The van der Waals surface area contributed by atoms with E-state index < -0.39 is 0 Å². The molecule has 0 radical (unpaired) electrons. The Morgan fingerprint density at radius 1 is 1.35 bits per heavy atom. The summed E-state index contributed by atoms with van der Waals surface area (Å²) in [5, 5.41) is 2.78. The Hall–Kier alpha value is -1.92. The molecule has 0 aromatic heterocycles. The van der Waals surface area contributed by atoms with E-state index in [0.717, 1.165) is 31.7 Å². The molecule has 5 nitrogen and oxygen atoms in total. The van der Waals surface area contributed by atoms with Crippen molar-refractivity contribution in [2.75, 3.05) is 46.4 Å². The topological polar surface area (TPSA) is 44.8 Å². The number of methoxy groups -OCH3 is 1. The van der Waals surface area contributed by atoms with Crippen molar-refractivity contribution in [1.29, 1.82) is 0 Å². The van der Waals surface area contributed by atoms with Crippen LogP contribution in [0.15, 0.2) is 30.9 Å². The first-order chi connectivity index (χ1) is 11.1. The van der Waals surface area contributed by atoms with Crippen LogP contribution in [0.1, 0.15) is 5.56 Å². The molecule has 0 atom stereocenters. The van der Waals surface area contributed by atoms with Gasteiger partial charge in [-0.3, -0.25) is 14.6 Å². The summed E-state index contributed by atoms with van der Waals surface area (Å²) in [5.41, 5.74) is 0.931. The largest absolute Gasteiger partial charge is 0.494 e. The molecule has 23 heavy (non-hydrogen) atoms. The lowest BCUT2D eigenvalue weighted by Gasteiger charge is -2.34. The summed E-state index contributed by atoms with van der Waals surface area (Å²) >= 11 is 0. The molecule has 126 valence electrons. The van der Waals surface area contributed by atoms with Crippen molar-refractivity contribution in [3.8, 4) is 5.75 Å². The normalized spacial score (nSPS) is 16.1. The van der Waals surface area contributed by atoms with E-state index in [1.165, 1.54) is 13.2 Å². The molecule has 1 aliphatic rings. The predicted molar refractivity (Wildman–Crippen MR) is 87.9 cm³/mol. The molecule has 0 spiro atoms. The first kappa shape index (κ1) is 17.4. The van der Waals surface area contributed by atoms with E-state index in [4.69, 9.17) is 4.74 Å². The highest BCUT2D eigenvalue weighted by molar-refractivity contribution is 5.78. The van der Waals surface area contributed by atoms with Crippen LogP contribution in [0.4, 0.5) is 4.39 Å². The summed E-state index contributed by atoms with van der Waals surface area (Å²) in [6.07, 6.45) is 1.67. The fourth-order valence-corrected chi connectivity index (χ4v) is 2.62. The van der Waals surface area contributed by atoms with Crippen molar-refractivity contribution >= 4 is 5.91 Å². The Kier molecular flexibility index (Phi) is 6.55. The molecule has 1 heterocycles. The van der Waals surface area contributed by atoms with E-state index in [-0.39, 0.29) is 17.5 Å². The summed E-state index contributed by atoms with van der Waals surface area (Å²) in [4.78, 5) is 16.1. The van der Waals surface area contributed by atoms with Crippen LogP contribution in [0.2, 0.25) is 0 Å². The first-order valence-corrected chi connectivity index (χ1v) is 7.77. The number of nitrogens with zero attached hydrogens (tertiary/aromatic N) is 2. The molecule has 1 amide bonds. The molecule has 1 aliphatic heterocycles. The Balaban J connectivity index is 1.77. The second-order valence-electron chi connectivity index (χ2n) is 5.61. The number of benzene rings is 1. The minimum Gasteiger partial charge on any atom is -0.494 e. The van der Waals surface area contributed by atoms with Crippen molar-refractivity contribution < 1.29 is 13.9 Å². The van der Waals surface area contributed by atoms with E-state index in [0.29, 0.717) is 19.6 Å². The van der Waals surface area contributed by atoms with E-state index in [9.17, 15) is 9.18 Å². The highest BCUT2D eigenvalue weighted by atomic mass is 19.1. The summed E-state index contributed by atoms with van der Waals surface area (Å²) in [6, 6.07) is 5.07. The maximum absolute atomic E-state index is 13.7. The van der Waals surface area contributed by atoms with Crippen molar-refractivity contribution in [3.63, 3.8) is 0 Å². The average molecular weight is 321 g/mol. The van der Waals surface area contributed by atoms with Crippen LogP contribution in [0.3, 0.4) is 0 Å². The quantitative estimate of drug-likeness (QED) is 0.768. The van der Waals surface area contributed by atoms with Gasteiger partial charge in [0.05, 0.1) is 13.7 Å². The third-order valence-electron chi connectivity index (χ3n) is 3.90. The van der Waals surface area contributed by atoms with Crippen LogP contribution in [-0.2, 0) is 11.3 Å². The monoisotopic (exact) mass is 321 g/mol. The van der Waals surface area contributed by atoms with Crippen LogP contribution in [0.25, 0.3) is 0 Å². The van der Waals surface area contributed by atoms with Gasteiger partial charge < -0.3 is 10.1 Å². The summed E-state index contributed by atoms with van der Waals surface area (Å²) in [7, 11) is 1.46. The van der Waals surface area contributed by atoms with Crippen molar-refractivity contribution in [1.82, 2.24) is 15.1 Å². The SMILES string of the molecule is C=CCNC(=O)CN1CCN(Cc2ccc(OC)c(F)c2)CC1. The molecule has 1 saturated heterocycles. The lowest BCUT2D eigenvalue weighted by atomic mass is 10.2. The van der Waals surface area contributed by atoms with Gasteiger partial charge in [0.25, 0.3) is 0 Å². The van der Waals surface area contributed by atoms with Crippen LogP contribution in [0.5, 0.6) is 5.75 Å². The van der Waals surface area contributed by atoms with Crippen LogP contribution >= 0.6 is 0 Å². The van der Waals surface area contributed by atoms with Crippen molar-refractivity contribution in [3.05, 3.63) is 42.2 Å². The van der Waals surface area contributed by atoms with Gasteiger partial charge in [-0.25, -0.2) is 4.39 Å². The van der Waals surface area contributed by atoms with Crippen LogP contribution < -0.4 is 10.1 Å². The van der Waals surface area contributed by atoms with Gasteiger partial charge in [-0.2, -0.15) is 0 Å². The first-order valence-electron chi connectivity index (χ1n) is 7.77. The zero-order valence-electron chi connectivity index (χ0n) is 13.6. The van der Waals surface area contributed by atoms with Gasteiger partial charge in [0.2, 0.25) is 5.91 Å². The van der Waals surface area contributed by atoms with Crippen molar-refractivity contribution in [2.24, 2.45) is 0 Å². The smallest absolute Gasteiger partial charge is 0.234 e. The summed E-state index contributed by atoms with van der Waals surface area (Å²) in [6.45, 7) is 8.59. The third-order valence-corrected chi connectivity index (χ3v) is 3.90. The highest BCUT2D eigenvalue weighted by Crippen LogP contribution is 2.19. The van der Waals surface area contributed by atoms with Gasteiger partial charge in [0.15, 0.2) is 11.6 Å². The van der Waals surface area contributed by atoms with Crippen LogP contribution in [-0.4, -0.2) is 62.1 Å². The Bertz CT molecular complexity index is 543. The molecule has 0 bridgehead atoms. The molecule has 0 aliphatic carbocycles. The third kappa shape index (κ3) is 5.33. The maximum Gasteiger partial charge on any atom is 0.234 e. The van der Waals surface area contributed by atoms with Crippen LogP contribution in [0, 0.1) is 5.82 Å². The number of rotatable bonds is 7. The molecule has 1 fully saturated rings. The van der Waals surface area contributed by atoms with E-state index in [1.54, 1.807) is 12.1 Å². The summed E-state index contributed by atoms with van der Waals surface area (Å²) in [5.74, 6) is -0.0396. The fraction of sp³-hybridized carbons (Fsp3) is 0.471. The van der Waals surface area contributed by atoms with Gasteiger partial charge in [-0.15, -0.1) is 6.58 Å². The minimum absolute atomic E-state index is 0.0237. The Morgan fingerprint density at radius 2 is 2.04 bits per heavy atom. The number of carbonyl (C=O) groups excluding carboxylic acids is 1. The number of amides is 1. The molecule has 1 N–H and O–H groups in total. The summed E-state index contributed by atoms with van der Waals surface area (Å²) < 4.78 is 18.6. The molecule has 1 aromatic carbocycles.